The van der Waals surface area contributed by atoms with Gasteiger partial charge >= 0.3 is 0 Å². The molecule has 0 bridgehead atoms. The molecule has 1 aromatic heterocycles. The monoisotopic (exact) mass is 315 g/mol. The summed E-state index contributed by atoms with van der Waals surface area (Å²) in [4.78, 5) is 0. The van der Waals surface area contributed by atoms with Crippen LogP contribution >= 0.6 is 10.8 Å². The van der Waals surface area contributed by atoms with Crippen molar-refractivity contribution in [2.75, 3.05) is 16.6 Å². The summed E-state index contributed by atoms with van der Waals surface area (Å²) in [6.07, 6.45) is 0.537. The molecular weight excluding hydrogens is 301 g/mol. The lowest BCUT2D eigenvalue weighted by molar-refractivity contribution is 0.409. The van der Waals surface area contributed by atoms with Crippen molar-refractivity contribution in [3.05, 3.63) is 30.1 Å². The molecule has 0 atom stereocenters. The smallest absolute Gasteiger partial charge is 0.261 e. The molecule has 0 saturated carbocycles. The van der Waals surface area contributed by atoms with Gasteiger partial charge in [-0.05, 0) is 30.7 Å². The summed E-state index contributed by atoms with van der Waals surface area (Å²) in [5.41, 5.74) is 0.367. The Morgan fingerprint density at radius 2 is 1.76 bits per heavy atom. The highest BCUT2D eigenvalue weighted by molar-refractivity contribution is 8.25. The SMILES string of the molecule is Oc1c(-c2ccc(F)cc2)oc(N2CCCS2(O)O)c1O. The van der Waals surface area contributed by atoms with Crippen LogP contribution in [0.4, 0.5) is 10.3 Å². The summed E-state index contributed by atoms with van der Waals surface area (Å²) >= 11 is 0. The summed E-state index contributed by atoms with van der Waals surface area (Å²) in [5.74, 6) is -1.58. The Labute approximate surface area is 121 Å². The molecule has 1 aliphatic heterocycles. The first-order valence-electron chi connectivity index (χ1n) is 6.24. The van der Waals surface area contributed by atoms with Gasteiger partial charge in [-0.25, -0.2) is 8.70 Å². The van der Waals surface area contributed by atoms with E-state index in [1.54, 1.807) is 0 Å². The van der Waals surface area contributed by atoms with Crippen molar-refractivity contribution >= 4 is 16.7 Å². The van der Waals surface area contributed by atoms with Crippen LogP contribution in [-0.4, -0.2) is 31.6 Å². The Morgan fingerprint density at radius 3 is 2.33 bits per heavy atom. The number of hydrogen-bond acceptors (Lipinski definition) is 6. The molecule has 0 radical (unpaired) electrons. The van der Waals surface area contributed by atoms with E-state index in [4.69, 9.17) is 4.42 Å². The van der Waals surface area contributed by atoms with Crippen molar-refractivity contribution in [3.8, 4) is 22.8 Å². The Hall–Kier alpha value is -1.90. The van der Waals surface area contributed by atoms with Crippen molar-refractivity contribution in [3.63, 3.8) is 0 Å². The third kappa shape index (κ3) is 2.31. The fourth-order valence-electron chi connectivity index (χ4n) is 2.26. The van der Waals surface area contributed by atoms with E-state index in [9.17, 15) is 23.7 Å². The number of benzene rings is 1. The van der Waals surface area contributed by atoms with Crippen LogP contribution in [0.3, 0.4) is 0 Å². The Bertz CT molecular complexity index is 670. The van der Waals surface area contributed by atoms with E-state index in [0.29, 0.717) is 18.5 Å². The van der Waals surface area contributed by atoms with Gasteiger partial charge in [-0.3, -0.25) is 9.11 Å². The van der Waals surface area contributed by atoms with Crippen molar-refractivity contribution in [1.82, 2.24) is 0 Å². The second-order valence-corrected chi connectivity index (χ2v) is 6.85. The maximum absolute atomic E-state index is 12.9. The highest BCUT2D eigenvalue weighted by Crippen LogP contribution is 2.57. The standard InChI is InChI=1S/C13H14FNO5S/c14-9-4-2-8(3-5-9)12-10(16)11(17)13(20-12)15-6-1-7-21(15,18)19/h2-5,16-19H,1,6-7H2. The number of rotatable bonds is 2. The third-order valence-electron chi connectivity index (χ3n) is 3.31. The van der Waals surface area contributed by atoms with Crippen LogP contribution < -0.4 is 4.31 Å². The summed E-state index contributed by atoms with van der Waals surface area (Å²) < 4.78 is 39.3. The number of furan rings is 1. The summed E-state index contributed by atoms with van der Waals surface area (Å²) in [7, 11) is -3.05. The van der Waals surface area contributed by atoms with E-state index < -0.39 is 28.1 Å². The van der Waals surface area contributed by atoms with E-state index in [1.165, 1.54) is 24.3 Å². The maximum Gasteiger partial charge on any atom is 0.261 e. The molecule has 1 aromatic carbocycles. The number of nitrogens with zero attached hydrogens (tertiary/aromatic N) is 1. The number of hydrogen-bond donors (Lipinski definition) is 4. The zero-order valence-electron chi connectivity index (χ0n) is 10.9. The summed E-state index contributed by atoms with van der Waals surface area (Å²) in [5, 5.41) is 19.9. The van der Waals surface area contributed by atoms with Gasteiger partial charge in [-0.1, -0.05) is 0 Å². The van der Waals surface area contributed by atoms with Crippen LogP contribution in [0, 0.1) is 5.82 Å². The van der Waals surface area contributed by atoms with Crippen molar-refractivity contribution in [2.24, 2.45) is 0 Å². The molecule has 21 heavy (non-hydrogen) atoms. The van der Waals surface area contributed by atoms with Crippen LogP contribution in [0.2, 0.25) is 0 Å². The van der Waals surface area contributed by atoms with E-state index in [1.807, 2.05) is 0 Å². The normalized spacial score (nSPS) is 18.9. The Kier molecular flexibility index (Phi) is 3.23. The van der Waals surface area contributed by atoms with E-state index in [2.05, 4.69) is 0 Å². The Morgan fingerprint density at radius 1 is 1.10 bits per heavy atom. The largest absolute Gasteiger partial charge is 0.502 e. The molecule has 1 fully saturated rings. The molecule has 0 aliphatic carbocycles. The van der Waals surface area contributed by atoms with Gasteiger partial charge in [0, 0.05) is 12.1 Å². The van der Waals surface area contributed by atoms with Crippen molar-refractivity contribution in [1.29, 1.82) is 0 Å². The average molecular weight is 315 g/mol. The molecule has 4 N–H and O–H groups in total. The van der Waals surface area contributed by atoms with Gasteiger partial charge in [0.05, 0.1) is 5.75 Å². The van der Waals surface area contributed by atoms with Crippen LogP contribution in [-0.2, 0) is 0 Å². The lowest BCUT2D eigenvalue weighted by Gasteiger charge is -2.35. The third-order valence-corrected chi connectivity index (χ3v) is 5.20. The topological polar surface area (TPSA) is 97.3 Å². The first-order valence-corrected chi connectivity index (χ1v) is 7.91. The van der Waals surface area contributed by atoms with Gasteiger partial charge in [0.2, 0.25) is 11.5 Å². The highest BCUT2D eigenvalue weighted by Gasteiger charge is 2.35. The van der Waals surface area contributed by atoms with E-state index in [-0.39, 0.29) is 17.4 Å². The minimum absolute atomic E-state index is 0.0513. The van der Waals surface area contributed by atoms with E-state index in [0.717, 1.165) is 4.31 Å². The van der Waals surface area contributed by atoms with Gasteiger partial charge in [0.15, 0.2) is 5.76 Å². The molecule has 0 unspecified atom stereocenters. The van der Waals surface area contributed by atoms with Gasteiger partial charge in [0.1, 0.15) is 5.82 Å². The first kappa shape index (κ1) is 14.1. The molecule has 0 spiro atoms. The Balaban J connectivity index is 2.05. The molecule has 3 rings (SSSR count). The van der Waals surface area contributed by atoms with Crippen LogP contribution in [0.1, 0.15) is 6.42 Å². The zero-order chi connectivity index (χ0) is 15.2. The van der Waals surface area contributed by atoms with Crippen LogP contribution in [0.25, 0.3) is 11.3 Å². The predicted molar refractivity (Wildman–Crippen MR) is 77.1 cm³/mol. The fourth-order valence-corrected chi connectivity index (χ4v) is 3.81. The molecular formula is C13H14FNO5S. The molecule has 1 saturated heterocycles. The summed E-state index contributed by atoms with van der Waals surface area (Å²) in [6.45, 7) is 0.297. The van der Waals surface area contributed by atoms with Crippen LogP contribution in [0.15, 0.2) is 28.7 Å². The first-order chi connectivity index (χ1) is 9.90. The lowest BCUT2D eigenvalue weighted by atomic mass is 10.1. The molecule has 6 nitrogen and oxygen atoms in total. The minimum atomic E-state index is -3.05. The zero-order valence-corrected chi connectivity index (χ0v) is 11.7. The van der Waals surface area contributed by atoms with Gasteiger partial charge < -0.3 is 14.6 Å². The fraction of sp³-hybridized carbons (Fsp3) is 0.231. The molecule has 2 heterocycles. The number of halogens is 1. The molecule has 2 aromatic rings. The predicted octanol–water partition coefficient (Wildman–Crippen LogP) is 3.37. The second-order valence-electron chi connectivity index (χ2n) is 4.73. The number of anilines is 1. The molecule has 8 heteroatoms. The lowest BCUT2D eigenvalue weighted by Crippen LogP contribution is -2.21. The molecule has 0 amide bonds. The molecule has 1 aliphatic rings. The van der Waals surface area contributed by atoms with Gasteiger partial charge in [-0.2, -0.15) is 0 Å². The second kappa shape index (κ2) is 4.83. The quantitative estimate of drug-likeness (QED) is 0.678. The summed E-state index contributed by atoms with van der Waals surface area (Å²) in [6, 6.07) is 5.16. The highest BCUT2D eigenvalue weighted by atomic mass is 32.3. The van der Waals surface area contributed by atoms with Crippen LogP contribution in [0.5, 0.6) is 11.5 Å². The average Bonchev–Trinajstić information content (AvgIpc) is 2.92. The van der Waals surface area contributed by atoms with Gasteiger partial charge in [0.25, 0.3) is 5.88 Å². The van der Waals surface area contributed by atoms with Gasteiger partial charge in [-0.15, -0.1) is 10.8 Å². The van der Waals surface area contributed by atoms with Crippen molar-refractivity contribution in [2.45, 2.75) is 6.42 Å². The minimum Gasteiger partial charge on any atom is -0.502 e. The molecule has 114 valence electrons. The number of aromatic hydroxyl groups is 2. The van der Waals surface area contributed by atoms with E-state index >= 15 is 0 Å². The maximum atomic E-state index is 12.9. The van der Waals surface area contributed by atoms with Crippen molar-refractivity contribution < 1.29 is 28.1 Å².